The quantitative estimate of drug-likeness (QED) is 0.108. The van der Waals surface area contributed by atoms with Crippen LogP contribution in [0.4, 0.5) is 0 Å². The lowest BCUT2D eigenvalue weighted by molar-refractivity contribution is 0.451. The van der Waals surface area contributed by atoms with E-state index < -0.39 is 0 Å². The second kappa shape index (κ2) is 18.9. The highest BCUT2D eigenvalue weighted by Crippen LogP contribution is 2.53. The number of rotatable bonds is 3. The van der Waals surface area contributed by atoms with E-state index >= 15 is 0 Å². The van der Waals surface area contributed by atoms with Crippen LogP contribution in [0.15, 0.2) is 239 Å². The van der Waals surface area contributed by atoms with Gasteiger partial charge in [-0.15, -0.1) is 0 Å². The average Bonchev–Trinajstić information content (AvgIpc) is 1.59. The van der Waals surface area contributed by atoms with Gasteiger partial charge >= 0.3 is 7.69 Å². The lowest BCUT2D eigenvalue weighted by Gasteiger charge is -2.22. The zero-order valence-corrected chi connectivity index (χ0v) is 47.2. The molecule has 0 saturated carbocycles. The summed E-state index contributed by atoms with van der Waals surface area (Å²) in [5.74, 6) is 0.510. The first-order chi connectivity index (χ1) is 41.0. The fraction of sp³-hybridized carbons (Fsp3) is 0.0789. The van der Waals surface area contributed by atoms with Crippen molar-refractivity contribution in [2.24, 2.45) is 0 Å². The Morgan fingerprint density at radius 3 is 1.23 bits per heavy atom. The van der Waals surface area contributed by atoms with Gasteiger partial charge in [-0.25, -0.2) is 9.97 Å². The van der Waals surface area contributed by atoms with Crippen molar-refractivity contribution in [3.05, 3.63) is 258 Å². The Labute approximate surface area is 489 Å². The molecule has 0 bridgehead atoms. The van der Waals surface area contributed by atoms with Crippen LogP contribution in [-0.4, -0.2) is 22.7 Å². The number of para-hydroxylation sites is 4. The molecule has 18 rings (SSSR count). The molecule has 0 atom stereocenters. The molecule has 1 N–H and O–H groups in total. The van der Waals surface area contributed by atoms with Crippen LogP contribution in [0.5, 0.6) is 5.75 Å². The van der Waals surface area contributed by atoms with Crippen LogP contribution >= 0.6 is 11.6 Å². The highest BCUT2D eigenvalue weighted by atomic mass is 35.5. The third-order valence-electron chi connectivity index (χ3n) is 18.0. The molecular formula is C76H51BClN2O4. The number of furan rings is 2. The van der Waals surface area contributed by atoms with Crippen LogP contribution in [0.3, 0.4) is 0 Å². The molecule has 8 heteroatoms. The number of halogens is 1. The van der Waals surface area contributed by atoms with E-state index in [9.17, 15) is 0 Å². The molecule has 399 valence electrons. The third kappa shape index (κ3) is 7.48. The number of pyridine rings is 2. The fourth-order valence-corrected chi connectivity index (χ4v) is 14.0. The van der Waals surface area contributed by atoms with E-state index in [1.54, 1.807) is 6.07 Å². The van der Waals surface area contributed by atoms with E-state index in [2.05, 4.69) is 198 Å². The molecule has 4 aromatic heterocycles. The normalized spacial score (nSPS) is 13.5. The van der Waals surface area contributed by atoms with Crippen molar-refractivity contribution in [2.45, 2.75) is 38.5 Å². The summed E-state index contributed by atoms with van der Waals surface area (Å²) < 4.78 is 17.0. The second-order valence-corrected chi connectivity index (χ2v) is 23.6. The van der Waals surface area contributed by atoms with Gasteiger partial charge in [0.05, 0.1) is 17.1 Å². The maximum Gasteiger partial charge on any atom is 0.569 e. The first kappa shape index (κ1) is 50.0. The highest BCUT2D eigenvalue weighted by Gasteiger charge is 2.39. The number of hydrogen-bond donors (Lipinski definition) is 1. The van der Waals surface area contributed by atoms with Gasteiger partial charge in [-0.05, 0) is 148 Å². The van der Waals surface area contributed by atoms with Crippen LogP contribution in [0.2, 0.25) is 5.15 Å². The number of hydrogen-bond acceptors (Lipinski definition) is 6. The van der Waals surface area contributed by atoms with Gasteiger partial charge in [0.2, 0.25) is 0 Å². The van der Waals surface area contributed by atoms with Crippen molar-refractivity contribution in [1.82, 2.24) is 9.97 Å². The summed E-state index contributed by atoms with van der Waals surface area (Å²) in [5.41, 5.74) is 14.7. The van der Waals surface area contributed by atoms with E-state index in [-0.39, 0.29) is 10.8 Å². The largest absolute Gasteiger partial charge is 0.569 e. The summed E-state index contributed by atoms with van der Waals surface area (Å²) in [7, 11) is 0.655. The number of nitrogens with zero attached hydrogens (tertiary/aromatic N) is 2. The van der Waals surface area contributed by atoms with Crippen LogP contribution < -0.4 is 4.65 Å². The molecule has 0 amide bonds. The Hall–Kier alpha value is -9.79. The number of fused-ring (bicyclic) bond motifs is 24. The van der Waals surface area contributed by atoms with E-state index in [1.165, 1.54) is 98.0 Å². The third-order valence-corrected chi connectivity index (χ3v) is 18.2. The molecule has 16 aromatic rings. The van der Waals surface area contributed by atoms with Crippen molar-refractivity contribution in [2.75, 3.05) is 0 Å². The molecule has 0 aliphatic heterocycles. The number of benzene rings is 12. The van der Waals surface area contributed by atoms with Crippen LogP contribution in [0.1, 0.15) is 49.9 Å². The summed E-state index contributed by atoms with van der Waals surface area (Å²) in [4.78, 5) is 10.1. The summed E-state index contributed by atoms with van der Waals surface area (Å²) in [6.45, 7) is 9.22. The molecule has 2 aliphatic rings. The van der Waals surface area contributed by atoms with Gasteiger partial charge in [0.25, 0.3) is 0 Å². The van der Waals surface area contributed by atoms with Crippen LogP contribution in [-0.2, 0) is 10.8 Å². The molecule has 0 fully saturated rings. The summed E-state index contributed by atoms with van der Waals surface area (Å²) in [5, 5.41) is 29.0. The minimum Gasteiger partial charge on any atom is -0.535 e. The van der Waals surface area contributed by atoms with Crippen LogP contribution in [0, 0.1) is 0 Å². The SMILES string of the molecule is CC1(C)c2cc3c4ccccc4c4ccccc4c3cc2-c2nc(-c3cccc4c3oc3ccccc34)ccc21.CC1(C)c2cc3c4ccccc4c4ccccc4c3cc2-c2nc(Cl)ccc21.O[B]Oc1cccc2c1oc1ccccc12. The first-order valence-corrected chi connectivity index (χ1v) is 28.8. The lowest BCUT2D eigenvalue weighted by atomic mass is 9.81. The smallest absolute Gasteiger partial charge is 0.535 e. The predicted molar refractivity (Wildman–Crippen MR) is 349 cm³/mol. The summed E-state index contributed by atoms with van der Waals surface area (Å²) in [6.07, 6.45) is 0. The maximum atomic E-state index is 8.67. The van der Waals surface area contributed by atoms with Gasteiger partial charge in [0.1, 0.15) is 27.7 Å². The second-order valence-electron chi connectivity index (χ2n) is 23.2. The minimum atomic E-state index is -0.150. The molecule has 0 unspecified atom stereocenters. The Morgan fingerprint density at radius 1 is 0.357 bits per heavy atom. The van der Waals surface area contributed by atoms with E-state index in [0.717, 1.165) is 60.9 Å². The van der Waals surface area contributed by atoms with Crippen molar-refractivity contribution in [3.63, 3.8) is 0 Å². The van der Waals surface area contributed by atoms with Crippen molar-refractivity contribution in [3.8, 4) is 39.5 Å². The number of aromatic nitrogens is 2. The van der Waals surface area contributed by atoms with Gasteiger partial charge in [-0.2, -0.15) is 0 Å². The molecular weight excluding hydrogens is 1050 g/mol. The molecule has 4 heterocycles. The molecule has 0 saturated heterocycles. The molecule has 1 radical (unpaired) electrons. The van der Waals surface area contributed by atoms with Crippen LogP contribution in [0.25, 0.3) is 142 Å². The Kier molecular flexibility index (Phi) is 11.2. The fourth-order valence-electron chi connectivity index (χ4n) is 13.9. The van der Waals surface area contributed by atoms with Gasteiger partial charge in [0, 0.05) is 49.1 Å². The van der Waals surface area contributed by atoms with Gasteiger partial charge < -0.3 is 18.5 Å². The first-order valence-electron chi connectivity index (χ1n) is 28.4. The Morgan fingerprint density at radius 2 is 0.738 bits per heavy atom. The standard InChI is InChI=1S/C38H25NO.C26H18ClN.C12H8BO3/c1-38(2)32-18-19-34(28-16-9-15-27-26-14-7-8-17-35(26)40-37(27)28)39-36(32)31-20-29-24-12-5-3-10-22(24)23-11-4-6-13-25(23)30(29)21-33(31)38;1-26(2)22-11-12-24(27)28-25(22)21-13-19-17-9-5-3-7-15(17)16-8-4-6-10-18(16)20(19)14-23(21)26;14-13-16-11-7-3-5-9-8-4-1-2-6-10(8)15-12(9)11/h3-21H,1-2H3;3-14H,1-2H3;1-7,14H. The highest BCUT2D eigenvalue weighted by molar-refractivity contribution is 6.30. The predicted octanol–water partition coefficient (Wildman–Crippen LogP) is 20.4. The topological polar surface area (TPSA) is 81.5 Å². The molecule has 2 aliphatic carbocycles. The lowest BCUT2D eigenvalue weighted by Crippen LogP contribution is -2.15. The Bertz CT molecular complexity index is 5450. The van der Waals surface area contributed by atoms with E-state index in [4.69, 9.17) is 40.1 Å². The average molecular weight is 1100 g/mol. The van der Waals surface area contributed by atoms with Crippen molar-refractivity contribution >= 4 is 128 Å². The van der Waals surface area contributed by atoms with Gasteiger partial charge in [0.15, 0.2) is 5.58 Å². The molecule has 12 aromatic carbocycles. The van der Waals surface area contributed by atoms with Gasteiger partial charge in [-0.1, -0.05) is 209 Å². The Balaban J connectivity index is 0.000000113. The van der Waals surface area contributed by atoms with Crippen molar-refractivity contribution in [1.29, 1.82) is 0 Å². The zero-order chi connectivity index (χ0) is 56.6. The van der Waals surface area contributed by atoms with Gasteiger partial charge in [-0.3, -0.25) is 0 Å². The summed E-state index contributed by atoms with van der Waals surface area (Å²) >= 11 is 6.26. The van der Waals surface area contributed by atoms with E-state index in [0.29, 0.717) is 24.2 Å². The molecule has 0 spiro atoms. The monoisotopic (exact) mass is 1100 g/mol. The zero-order valence-electron chi connectivity index (χ0n) is 46.5. The maximum absolute atomic E-state index is 8.67. The molecule has 6 nitrogen and oxygen atoms in total. The molecule has 84 heavy (non-hydrogen) atoms. The summed E-state index contributed by atoms with van der Waals surface area (Å²) in [6, 6.07) is 81.0. The van der Waals surface area contributed by atoms with Crippen molar-refractivity contribution < 1.29 is 18.5 Å². The van der Waals surface area contributed by atoms with E-state index in [1.807, 2.05) is 54.6 Å². The minimum absolute atomic E-state index is 0.0941.